The average molecular weight is 266 g/mol. The number of hydrogen-bond donors (Lipinski definition) is 1. The van der Waals surface area contributed by atoms with Crippen LogP contribution >= 0.6 is 0 Å². The number of esters is 1. The highest BCUT2D eigenvalue weighted by atomic mass is 16.5. The summed E-state index contributed by atoms with van der Waals surface area (Å²) >= 11 is 0. The predicted octanol–water partition coefficient (Wildman–Crippen LogP) is -0.123. The number of carbonyl (C=O) groups is 2. The number of nitrogens with two attached hydrogens (primary N) is 1. The summed E-state index contributed by atoms with van der Waals surface area (Å²) in [6.45, 7) is 1.34. The van der Waals surface area contributed by atoms with Gasteiger partial charge in [0.05, 0.1) is 24.9 Å². The lowest BCUT2D eigenvalue weighted by Gasteiger charge is -2.30. The molecule has 1 aliphatic rings. The minimum Gasteiger partial charge on any atom is -0.469 e. The molecule has 1 aromatic rings. The fourth-order valence-corrected chi connectivity index (χ4v) is 2.24. The van der Waals surface area contributed by atoms with Crippen LogP contribution in [0.25, 0.3) is 0 Å². The summed E-state index contributed by atoms with van der Waals surface area (Å²) in [5.41, 5.74) is 6.08. The molecule has 0 atom stereocenters. The molecular formula is C12H18N4O3. The summed E-state index contributed by atoms with van der Waals surface area (Å²) in [6.07, 6.45) is 4.44. The first-order valence-corrected chi connectivity index (χ1v) is 6.23. The molecule has 2 N–H and O–H groups in total. The second kappa shape index (κ2) is 5.73. The number of aromatic nitrogens is 2. The Labute approximate surface area is 111 Å². The molecule has 1 saturated heterocycles. The number of anilines is 1. The number of piperidine rings is 1. The highest BCUT2D eigenvalue weighted by molar-refractivity contribution is 5.77. The zero-order valence-corrected chi connectivity index (χ0v) is 10.9. The number of likely N-dealkylation sites (tertiary alicyclic amines) is 1. The molecule has 0 radical (unpaired) electrons. The topological polar surface area (TPSA) is 90.5 Å². The maximum absolute atomic E-state index is 12.0. The van der Waals surface area contributed by atoms with Gasteiger partial charge in [0.15, 0.2) is 0 Å². The number of ether oxygens (including phenoxy) is 1. The molecule has 19 heavy (non-hydrogen) atoms. The molecule has 0 aromatic carbocycles. The van der Waals surface area contributed by atoms with Crippen LogP contribution in [0.1, 0.15) is 12.8 Å². The Hall–Kier alpha value is -2.05. The van der Waals surface area contributed by atoms with Crippen LogP contribution in [-0.2, 0) is 20.9 Å². The van der Waals surface area contributed by atoms with Gasteiger partial charge in [-0.15, -0.1) is 0 Å². The quantitative estimate of drug-likeness (QED) is 0.770. The van der Waals surface area contributed by atoms with Crippen molar-refractivity contribution in [2.75, 3.05) is 25.9 Å². The Morgan fingerprint density at radius 2 is 2.16 bits per heavy atom. The molecule has 0 spiro atoms. The van der Waals surface area contributed by atoms with Crippen LogP contribution < -0.4 is 5.73 Å². The summed E-state index contributed by atoms with van der Waals surface area (Å²) in [4.78, 5) is 25.2. The van der Waals surface area contributed by atoms with Crippen molar-refractivity contribution in [2.45, 2.75) is 19.4 Å². The van der Waals surface area contributed by atoms with Gasteiger partial charge >= 0.3 is 5.97 Å². The number of rotatable bonds is 3. The van der Waals surface area contributed by atoms with Gasteiger partial charge in [-0.25, -0.2) is 0 Å². The smallest absolute Gasteiger partial charge is 0.308 e. The molecule has 104 valence electrons. The summed E-state index contributed by atoms with van der Waals surface area (Å²) in [7, 11) is 1.39. The molecule has 0 bridgehead atoms. The van der Waals surface area contributed by atoms with Crippen LogP contribution in [0.2, 0.25) is 0 Å². The summed E-state index contributed by atoms with van der Waals surface area (Å²) in [5.74, 6) is -0.284. The summed E-state index contributed by atoms with van der Waals surface area (Å²) < 4.78 is 6.23. The molecular weight excluding hydrogens is 248 g/mol. The average Bonchev–Trinajstić information content (AvgIpc) is 2.83. The zero-order chi connectivity index (χ0) is 13.8. The lowest BCUT2D eigenvalue weighted by atomic mass is 9.97. The van der Waals surface area contributed by atoms with Crippen LogP contribution in [0.3, 0.4) is 0 Å². The monoisotopic (exact) mass is 266 g/mol. The van der Waals surface area contributed by atoms with Crippen molar-refractivity contribution in [1.82, 2.24) is 14.7 Å². The maximum Gasteiger partial charge on any atom is 0.308 e. The van der Waals surface area contributed by atoms with E-state index in [-0.39, 0.29) is 24.3 Å². The first-order valence-electron chi connectivity index (χ1n) is 6.23. The van der Waals surface area contributed by atoms with Crippen molar-refractivity contribution in [3.05, 3.63) is 12.4 Å². The zero-order valence-electron chi connectivity index (χ0n) is 10.9. The third-order valence-electron chi connectivity index (χ3n) is 3.33. The Morgan fingerprint density at radius 1 is 1.47 bits per heavy atom. The Kier molecular flexibility index (Phi) is 4.03. The fourth-order valence-electron chi connectivity index (χ4n) is 2.24. The first kappa shape index (κ1) is 13.4. The number of hydrogen-bond acceptors (Lipinski definition) is 5. The van der Waals surface area contributed by atoms with E-state index in [0.29, 0.717) is 31.6 Å². The second-order valence-electron chi connectivity index (χ2n) is 4.65. The first-order chi connectivity index (χ1) is 9.10. The van der Waals surface area contributed by atoms with Crippen LogP contribution in [0.5, 0.6) is 0 Å². The third-order valence-corrected chi connectivity index (χ3v) is 3.33. The van der Waals surface area contributed by atoms with Gasteiger partial charge in [0.1, 0.15) is 6.54 Å². The number of nitrogen functional groups attached to an aromatic ring is 1. The molecule has 7 nitrogen and oxygen atoms in total. The fraction of sp³-hybridized carbons (Fsp3) is 0.583. The second-order valence-corrected chi connectivity index (χ2v) is 4.65. The Bertz CT molecular complexity index is 463. The van der Waals surface area contributed by atoms with Gasteiger partial charge in [-0.05, 0) is 12.8 Å². The van der Waals surface area contributed by atoms with Crippen LogP contribution in [0, 0.1) is 5.92 Å². The molecule has 2 rings (SSSR count). The molecule has 1 amide bonds. The van der Waals surface area contributed by atoms with Crippen molar-refractivity contribution in [3.63, 3.8) is 0 Å². The van der Waals surface area contributed by atoms with Crippen LogP contribution in [-0.4, -0.2) is 46.8 Å². The minimum absolute atomic E-state index is 0.00795. The van der Waals surface area contributed by atoms with E-state index in [1.54, 1.807) is 11.1 Å². The summed E-state index contributed by atoms with van der Waals surface area (Å²) in [6, 6.07) is 0. The minimum atomic E-state index is -0.188. The van der Waals surface area contributed by atoms with E-state index >= 15 is 0 Å². The molecule has 2 heterocycles. The number of carbonyl (C=O) groups excluding carboxylic acids is 2. The van der Waals surface area contributed by atoms with Gasteiger partial charge in [0.25, 0.3) is 0 Å². The molecule has 7 heteroatoms. The van der Waals surface area contributed by atoms with E-state index in [1.165, 1.54) is 18.0 Å². The Balaban J connectivity index is 1.84. The molecule has 0 saturated carbocycles. The van der Waals surface area contributed by atoms with Gasteiger partial charge in [-0.3, -0.25) is 14.3 Å². The van der Waals surface area contributed by atoms with Crippen LogP contribution in [0.4, 0.5) is 5.69 Å². The Morgan fingerprint density at radius 3 is 2.68 bits per heavy atom. The van der Waals surface area contributed by atoms with E-state index in [1.807, 2.05) is 0 Å². The van der Waals surface area contributed by atoms with Crippen molar-refractivity contribution < 1.29 is 14.3 Å². The SMILES string of the molecule is COC(=O)C1CCN(C(=O)Cn2cc(N)cn2)CC1. The highest BCUT2D eigenvalue weighted by Crippen LogP contribution is 2.18. The van der Waals surface area contributed by atoms with Gasteiger partial charge < -0.3 is 15.4 Å². The van der Waals surface area contributed by atoms with E-state index in [9.17, 15) is 9.59 Å². The number of methoxy groups -OCH3 is 1. The standard InChI is InChI=1S/C12H18N4O3/c1-19-12(18)9-2-4-15(5-3-9)11(17)8-16-7-10(13)6-14-16/h6-7,9H,2-5,8,13H2,1H3. The molecule has 0 aliphatic carbocycles. The molecule has 1 aliphatic heterocycles. The molecule has 1 aromatic heterocycles. The lowest BCUT2D eigenvalue weighted by molar-refractivity contribution is -0.149. The normalized spacial score (nSPS) is 16.4. The van der Waals surface area contributed by atoms with Gasteiger partial charge in [-0.2, -0.15) is 5.10 Å². The van der Waals surface area contributed by atoms with Crippen molar-refractivity contribution in [2.24, 2.45) is 5.92 Å². The van der Waals surface area contributed by atoms with Gasteiger partial charge in [0, 0.05) is 19.3 Å². The molecule has 1 fully saturated rings. The summed E-state index contributed by atoms with van der Waals surface area (Å²) in [5, 5.41) is 3.98. The predicted molar refractivity (Wildman–Crippen MR) is 68.0 cm³/mol. The lowest BCUT2D eigenvalue weighted by Crippen LogP contribution is -2.42. The van der Waals surface area contributed by atoms with E-state index < -0.39 is 0 Å². The van der Waals surface area contributed by atoms with Crippen molar-refractivity contribution >= 4 is 17.6 Å². The third kappa shape index (κ3) is 3.24. The molecule has 0 unspecified atom stereocenters. The number of amides is 1. The van der Waals surface area contributed by atoms with Crippen molar-refractivity contribution in [1.29, 1.82) is 0 Å². The van der Waals surface area contributed by atoms with E-state index in [2.05, 4.69) is 5.10 Å². The van der Waals surface area contributed by atoms with Crippen LogP contribution in [0.15, 0.2) is 12.4 Å². The maximum atomic E-state index is 12.0. The van der Waals surface area contributed by atoms with Gasteiger partial charge in [-0.1, -0.05) is 0 Å². The van der Waals surface area contributed by atoms with Gasteiger partial charge in [0.2, 0.25) is 5.91 Å². The largest absolute Gasteiger partial charge is 0.469 e. The van der Waals surface area contributed by atoms with E-state index in [4.69, 9.17) is 10.5 Å². The van der Waals surface area contributed by atoms with Crippen molar-refractivity contribution in [3.8, 4) is 0 Å². The highest BCUT2D eigenvalue weighted by Gasteiger charge is 2.27. The van der Waals surface area contributed by atoms with E-state index in [0.717, 1.165) is 0 Å². The number of nitrogens with zero attached hydrogens (tertiary/aromatic N) is 3.